The fourth-order valence-corrected chi connectivity index (χ4v) is 2.69. The molecule has 2 rings (SSSR count). The van der Waals surface area contributed by atoms with Crippen LogP contribution in [0.1, 0.15) is 30.5 Å². The minimum absolute atomic E-state index is 0.123. The first-order chi connectivity index (χ1) is 9.61. The molecule has 20 heavy (non-hydrogen) atoms. The zero-order chi connectivity index (χ0) is 14.5. The maximum atomic E-state index is 13.7. The van der Waals surface area contributed by atoms with E-state index < -0.39 is 0 Å². The van der Waals surface area contributed by atoms with Gasteiger partial charge >= 0.3 is 0 Å². The summed E-state index contributed by atoms with van der Waals surface area (Å²) in [5, 5.41) is 3.29. The molecule has 1 heterocycles. The van der Waals surface area contributed by atoms with E-state index in [1.54, 1.807) is 13.0 Å². The summed E-state index contributed by atoms with van der Waals surface area (Å²) in [5.74, 6) is -0.123. The van der Waals surface area contributed by atoms with E-state index in [0.717, 1.165) is 38.3 Å². The minimum Gasteiger partial charge on any atom is -0.379 e. The zero-order valence-corrected chi connectivity index (χ0v) is 12.7. The molecule has 0 aliphatic carbocycles. The fraction of sp³-hybridized carbons (Fsp3) is 0.625. The molecule has 2 atom stereocenters. The van der Waals surface area contributed by atoms with Crippen molar-refractivity contribution in [2.45, 2.75) is 32.4 Å². The normalized spacial score (nSPS) is 21.9. The molecule has 2 unspecified atom stereocenters. The number of hydrogen-bond donors (Lipinski definition) is 1. The molecule has 0 spiro atoms. The third-order valence-corrected chi connectivity index (χ3v) is 4.16. The topological polar surface area (TPSA) is 24.5 Å². The van der Waals surface area contributed by atoms with E-state index in [1.807, 2.05) is 19.2 Å². The van der Waals surface area contributed by atoms with Gasteiger partial charge in [0.1, 0.15) is 5.82 Å². The molecule has 1 N–H and O–H groups in total. The van der Waals surface area contributed by atoms with Crippen molar-refractivity contribution in [3.05, 3.63) is 35.1 Å². The average Bonchev–Trinajstić information content (AvgIpc) is 2.45. The minimum atomic E-state index is -0.123. The van der Waals surface area contributed by atoms with E-state index in [1.165, 1.54) is 0 Å². The van der Waals surface area contributed by atoms with Crippen molar-refractivity contribution in [2.24, 2.45) is 0 Å². The molecular formula is C16H25FN2O. The predicted molar refractivity (Wildman–Crippen MR) is 79.4 cm³/mol. The Balaban J connectivity index is 1.96. The largest absolute Gasteiger partial charge is 0.379 e. The molecular weight excluding hydrogens is 255 g/mol. The van der Waals surface area contributed by atoms with Gasteiger partial charge in [0.25, 0.3) is 0 Å². The lowest BCUT2D eigenvalue weighted by atomic mass is 10.0. The Hall–Kier alpha value is -0.970. The summed E-state index contributed by atoms with van der Waals surface area (Å²) in [6.45, 7) is 7.60. The van der Waals surface area contributed by atoms with Gasteiger partial charge in [0.2, 0.25) is 0 Å². The van der Waals surface area contributed by atoms with Gasteiger partial charge in [0.15, 0.2) is 0 Å². The molecule has 112 valence electrons. The lowest BCUT2D eigenvalue weighted by Gasteiger charge is -2.34. The van der Waals surface area contributed by atoms with E-state index in [0.29, 0.717) is 11.6 Å². The Labute approximate surface area is 121 Å². The molecule has 0 bridgehead atoms. The third-order valence-electron chi connectivity index (χ3n) is 4.16. The van der Waals surface area contributed by atoms with Gasteiger partial charge in [-0.15, -0.1) is 0 Å². The first-order valence-electron chi connectivity index (χ1n) is 7.37. The number of nitrogens with zero attached hydrogens (tertiary/aromatic N) is 1. The molecule has 4 heteroatoms. The van der Waals surface area contributed by atoms with Crippen LogP contribution in [-0.4, -0.2) is 44.3 Å². The van der Waals surface area contributed by atoms with E-state index in [-0.39, 0.29) is 11.9 Å². The van der Waals surface area contributed by atoms with Crippen molar-refractivity contribution >= 4 is 0 Å². The number of nitrogens with one attached hydrogen (secondary N) is 1. The van der Waals surface area contributed by atoms with Gasteiger partial charge in [-0.25, -0.2) is 4.39 Å². The molecule has 1 aliphatic heterocycles. The number of ether oxygens (including phenoxy) is 1. The second kappa shape index (κ2) is 7.16. The highest BCUT2D eigenvalue weighted by molar-refractivity contribution is 5.25. The number of rotatable bonds is 5. The van der Waals surface area contributed by atoms with Crippen LogP contribution >= 0.6 is 0 Å². The molecule has 0 aromatic heterocycles. The van der Waals surface area contributed by atoms with Crippen molar-refractivity contribution in [1.82, 2.24) is 10.2 Å². The van der Waals surface area contributed by atoms with Crippen LogP contribution in [0.3, 0.4) is 0 Å². The molecule has 0 amide bonds. The molecule has 1 aliphatic rings. The Morgan fingerprint density at radius 2 is 2.30 bits per heavy atom. The van der Waals surface area contributed by atoms with Gasteiger partial charge in [-0.2, -0.15) is 0 Å². The van der Waals surface area contributed by atoms with Gasteiger partial charge in [0.05, 0.1) is 13.2 Å². The summed E-state index contributed by atoms with van der Waals surface area (Å²) < 4.78 is 19.1. The van der Waals surface area contributed by atoms with Crippen molar-refractivity contribution < 1.29 is 9.13 Å². The van der Waals surface area contributed by atoms with E-state index >= 15 is 0 Å². The lowest BCUT2D eigenvalue weighted by Crippen LogP contribution is -2.44. The predicted octanol–water partition coefficient (Wildman–Crippen LogP) is 2.51. The van der Waals surface area contributed by atoms with E-state index in [4.69, 9.17) is 4.74 Å². The zero-order valence-electron chi connectivity index (χ0n) is 12.7. The Morgan fingerprint density at radius 3 is 2.95 bits per heavy atom. The highest BCUT2D eigenvalue weighted by Gasteiger charge is 2.20. The van der Waals surface area contributed by atoms with Crippen LogP contribution in [0.15, 0.2) is 18.2 Å². The SMILES string of the molecule is CNC(CCN1CCOCC1C)c1ccc(C)c(F)c1. The van der Waals surface area contributed by atoms with Crippen LogP contribution in [0.2, 0.25) is 0 Å². The summed E-state index contributed by atoms with van der Waals surface area (Å²) in [6.07, 6.45) is 0.976. The molecule has 1 saturated heterocycles. The van der Waals surface area contributed by atoms with Gasteiger partial charge in [0, 0.05) is 25.2 Å². The van der Waals surface area contributed by atoms with Crippen LogP contribution in [0, 0.1) is 12.7 Å². The molecule has 1 aromatic rings. The summed E-state index contributed by atoms with van der Waals surface area (Å²) in [6, 6.07) is 6.18. The van der Waals surface area contributed by atoms with Crippen molar-refractivity contribution in [2.75, 3.05) is 33.4 Å². The maximum absolute atomic E-state index is 13.7. The quantitative estimate of drug-likeness (QED) is 0.897. The van der Waals surface area contributed by atoms with E-state index in [9.17, 15) is 4.39 Å². The number of halogens is 1. The monoisotopic (exact) mass is 280 g/mol. The first kappa shape index (κ1) is 15.4. The van der Waals surface area contributed by atoms with Gasteiger partial charge in [-0.05, 0) is 44.5 Å². The van der Waals surface area contributed by atoms with E-state index in [2.05, 4.69) is 17.1 Å². The van der Waals surface area contributed by atoms with Crippen LogP contribution < -0.4 is 5.32 Å². The third kappa shape index (κ3) is 3.78. The highest BCUT2D eigenvalue weighted by atomic mass is 19.1. The van der Waals surface area contributed by atoms with Crippen molar-refractivity contribution in [1.29, 1.82) is 0 Å². The lowest BCUT2D eigenvalue weighted by molar-refractivity contribution is -0.00174. The van der Waals surface area contributed by atoms with Crippen LogP contribution in [-0.2, 0) is 4.74 Å². The van der Waals surface area contributed by atoms with Crippen molar-refractivity contribution in [3.63, 3.8) is 0 Å². The van der Waals surface area contributed by atoms with Gasteiger partial charge in [-0.1, -0.05) is 12.1 Å². The van der Waals surface area contributed by atoms with Crippen LogP contribution in [0.25, 0.3) is 0 Å². The second-order valence-electron chi connectivity index (χ2n) is 5.60. The summed E-state index contributed by atoms with van der Waals surface area (Å²) >= 11 is 0. The summed E-state index contributed by atoms with van der Waals surface area (Å²) in [5.41, 5.74) is 1.72. The molecule has 0 saturated carbocycles. The average molecular weight is 280 g/mol. The first-order valence-corrected chi connectivity index (χ1v) is 7.37. The number of benzene rings is 1. The van der Waals surface area contributed by atoms with Crippen LogP contribution in [0.5, 0.6) is 0 Å². The number of morpholine rings is 1. The molecule has 1 aromatic carbocycles. The smallest absolute Gasteiger partial charge is 0.126 e. The molecule has 0 radical (unpaired) electrons. The standard InChI is InChI=1S/C16H25FN2O/c1-12-4-5-14(10-15(12)17)16(18-3)6-7-19-8-9-20-11-13(19)2/h4-5,10,13,16,18H,6-9,11H2,1-3H3. The van der Waals surface area contributed by atoms with Gasteiger partial charge < -0.3 is 10.1 Å². The molecule has 1 fully saturated rings. The second-order valence-corrected chi connectivity index (χ2v) is 5.60. The fourth-order valence-electron chi connectivity index (χ4n) is 2.69. The van der Waals surface area contributed by atoms with Crippen molar-refractivity contribution in [3.8, 4) is 0 Å². The molecule has 3 nitrogen and oxygen atoms in total. The number of hydrogen-bond acceptors (Lipinski definition) is 3. The van der Waals surface area contributed by atoms with Gasteiger partial charge in [-0.3, -0.25) is 4.90 Å². The Bertz CT molecular complexity index is 438. The Kier molecular flexibility index (Phi) is 5.52. The number of aryl methyl sites for hydroxylation is 1. The summed E-state index contributed by atoms with van der Waals surface area (Å²) in [4.78, 5) is 2.44. The Morgan fingerprint density at radius 1 is 1.50 bits per heavy atom. The highest BCUT2D eigenvalue weighted by Crippen LogP contribution is 2.20. The van der Waals surface area contributed by atoms with Crippen LogP contribution in [0.4, 0.5) is 4.39 Å². The maximum Gasteiger partial charge on any atom is 0.126 e. The summed E-state index contributed by atoms with van der Waals surface area (Å²) in [7, 11) is 1.94.